The Morgan fingerprint density at radius 2 is 2.25 bits per heavy atom. The third-order valence-electron chi connectivity index (χ3n) is 2.36. The second kappa shape index (κ2) is 6.99. The Hall–Kier alpha value is -0.450. The molecule has 1 rings (SSSR count). The van der Waals surface area contributed by atoms with Crippen molar-refractivity contribution in [3.05, 3.63) is 34.1 Å². The lowest BCUT2D eigenvalue weighted by atomic mass is 10.0. The molecule has 1 aromatic rings. The van der Waals surface area contributed by atoms with E-state index in [-0.39, 0.29) is 5.82 Å². The fourth-order valence-corrected chi connectivity index (χ4v) is 2.02. The normalized spacial score (nSPS) is 12.8. The van der Waals surface area contributed by atoms with Gasteiger partial charge in [0.25, 0.3) is 0 Å². The molecule has 1 aromatic carbocycles. The molecule has 0 fully saturated rings. The maximum Gasteiger partial charge on any atom is 0.124 e. The van der Waals surface area contributed by atoms with Gasteiger partial charge in [-0.25, -0.2) is 4.39 Å². The van der Waals surface area contributed by atoms with Gasteiger partial charge in [-0.05, 0) is 37.0 Å². The number of rotatable bonds is 6. The molecule has 1 N–H and O–H groups in total. The minimum Gasteiger partial charge on any atom is -0.393 e. The maximum absolute atomic E-state index is 12.8. The first-order valence-electron chi connectivity index (χ1n) is 5.24. The van der Waals surface area contributed by atoms with Crippen LogP contribution in [0.25, 0.3) is 0 Å². The molecule has 0 saturated heterocycles. The van der Waals surface area contributed by atoms with Crippen molar-refractivity contribution in [1.82, 2.24) is 0 Å². The second-order valence-corrected chi connectivity index (χ2v) is 4.58. The van der Waals surface area contributed by atoms with Gasteiger partial charge in [0.2, 0.25) is 0 Å². The number of aliphatic hydroxyl groups is 1. The Morgan fingerprint density at radius 3 is 2.88 bits per heavy atom. The van der Waals surface area contributed by atoms with Crippen LogP contribution in [0.5, 0.6) is 0 Å². The molecule has 0 aromatic heterocycles. The third-order valence-corrected chi connectivity index (χ3v) is 3.09. The molecule has 90 valence electrons. The molecule has 16 heavy (non-hydrogen) atoms. The van der Waals surface area contributed by atoms with Crippen LogP contribution in [0.3, 0.4) is 0 Å². The topological polar surface area (TPSA) is 29.5 Å². The SMILES string of the molecule is COCCCC(O)Cc1ccc(F)cc1Br. The van der Waals surface area contributed by atoms with Crippen LogP contribution in [-0.2, 0) is 11.2 Å². The predicted molar refractivity (Wildman–Crippen MR) is 64.9 cm³/mol. The van der Waals surface area contributed by atoms with Gasteiger partial charge in [-0.1, -0.05) is 22.0 Å². The molecular weight excluding hydrogens is 275 g/mol. The Labute approximate surface area is 104 Å². The molecule has 0 radical (unpaired) electrons. The van der Waals surface area contributed by atoms with E-state index in [0.717, 1.165) is 12.0 Å². The number of halogens is 2. The Bertz CT molecular complexity index is 331. The Balaban J connectivity index is 2.46. The molecule has 0 saturated carbocycles. The molecule has 0 heterocycles. The number of hydrogen-bond acceptors (Lipinski definition) is 2. The molecule has 0 amide bonds. The van der Waals surface area contributed by atoms with Gasteiger partial charge in [-0.15, -0.1) is 0 Å². The van der Waals surface area contributed by atoms with Crippen LogP contribution < -0.4 is 0 Å². The Kier molecular flexibility index (Phi) is 5.95. The molecule has 0 aliphatic rings. The van der Waals surface area contributed by atoms with Gasteiger partial charge < -0.3 is 9.84 Å². The average Bonchev–Trinajstić information content (AvgIpc) is 2.23. The maximum atomic E-state index is 12.8. The van der Waals surface area contributed by atoms with Crippen molar-refractivity contribution in [3.63, 3.8) is 0 Å². The highest BCUT2D eigenvalue weighted by molar-refractivity contribution is 9.10. The molecule has 2 nitrogen and oxygen atoms in total. The summed E-state index contributed by atoms with van der Waals surface area (Å²) >= 11 is 3.28. The summed E-state index contributed by atoms with van der Waals surface area (Å²) in [6, 6.07) is 4.51. The molecule has 0 bridgehead atoms. The quantitative estimate of drug-likeness (QED) is 0.817. The Morgan fingerprint density at radius 1 is 1.50 bits per heavy atom. The lowest BCUT2D eigenvalue weighted by Crippen LogP contribution is -2.11. The molecule has 4 heteroatoms. The van der Waals surface area contributed by atoms with Crippen LogP contribution in [0.2, 0.25) is 0 Å². The summed E-state index contributed by atoms with van der Waals surface area (Å²) < 4.78 is 18.4. The zero-order valence-corrected chi connectivity index (χ0v) is 10.8. The van der Waals surface area contributed by atoms with Crippen molar-refractivity contribution in [1.29, 1.82) is 0 Å². The minimum absolute atomic E-state index is 0.274. The number of benzene rings is 1. The number of hydrogen-bond donors (Lipinski definition) is 1. The van der Waals surface area contributed by atoms with Crippen LogP contribution in [0.15, 0.2) is 22.7 Å². The van der Waals surface area contributed by atoms with Crippen molar-refractivity contribution in [3.8, 4) is 0 Å². The van der Waals surface area contributed by atoms with Gasteiger partial charge in [0.1, 0.15) is 5.82 Å². The van der Waals surface area contributed by atoms with E-state index in [0.29, 0.717) is 23.9 Å². The monoisotopic (exact) mass is 290 g/mol. The number of methoxy groups -OCH3 is 1. The van der Waals surface area contributed by atoms with E-state index < -0.39 is 6.10 Å². The van der Waals surface area contributed by atoms with Crippen LogP contribution in [0.1, 0.15) is 18.4 Å². The largest absolute Gasteiger partial charge is 0.393 e. The summed E-state index contributed by atoms with van der Waals surface area (Å²) in [5.74, 6) is -0.274. The first kappa shape index (κ1) is 13.6. The molecule has 0 spiro atoms. The van der Waals surface area contributed by atoms with Gasteiger partial charge in [0, 0.05) is 18.2 Å². The first-order chi connectivity index (χ1) is 7.63. The van der Waals surface area contributed by atoms with Gasteiger partial charge in [-0.3, -0.25) is 0 Å². The van der Waals surface area contributed by atoms with Gasteiger partial charge in [0.05, 0.1) is 6.10 Å². The van der Waals surface area contributed by atoms with Crippen molar-refractivity contribution in [2.45, 2.75) is 25.4 Å². The van der Waals surface area contributed by atoms with Crippen molar-refractivity contribution < 1.29 is 14.2 Å². The standard InChI is InChI=1S/C12H16BrFO2/c1-16-6-2-3-11(15)7-9-4-5-10(14)8-12(9)13/h4-5,8,11,15H,2-3,6-7H2,1H3. The predicted octanol–water partition coefficient (Wildman–Crippen LogP) is 2.92. The van der Waals surface area contributed by atoms with Crippen LogP contribution >= 0.6 is 15.9 Å². The summed E-state index contributed by atoms with van der Waals surface area (Å²) in [6.45, 7) is 0.654. The lowest BCUT2D eigenvalue weighted by Gasteiger charge is -2.11. The van der Waals surface area contributed by atoms with E-state index in [4.69, 9.17) is 4.74 Å². The summed E-state index contributed by atoms with van der Waals surface area (Å²) in [5, 5.41) is 9.75. The highest BCUT2D eigenvalue weighted by Crippen LogP contribution is 2.20. The average molecular weight is 291 g/mol. The van der Waals surface area contributed by atoms with Crippen LogP contribution in [-0.4, -0.2) is 24.9 Å². The van der Waals surface area contributed by atoms with Gasteiger partial charge in [-0.2, -0.15) is 0 Å². The van der Waals surface area contributed by atoms with E-state index in [9.17, 15) is 9.50 Å². The highest BCUT2D eigenvalue weighted by Gasteiger charge is 2.08. The van der Waals surface area contributed by atoms with E-state index in [2.05, 4.69) is 15.9 Å². The van der Waals surface area contributed by atoms with E-state index in [1.54, 1.807) is 13.2 Å². The second-order valence-electron chi connectivity index (χ2n) is 3.73. The smallest absolute Gasteiger partial charge is 0.124 e. The summed E-state index contributed by atoms with van der Waals surface area (Å²) in [6.07, 6.45) is 1.65. The van der Waals surface area contributed by atoms with Gasteiger partial charge in [0.15, 0.2) is 0 Å². The van der Waals surface area contributed by atoms with E-state index in [1.165, 1.54) is 12.1 Å². The fourth-order valence-electron chi connectivity index (χ4n) is 1.51. The highest BCUT2D eigenvalue weighted by atomic mass is 79.9. The van der Waals surface area contributed by atoms with Crippen LogP contribution in [0.4, 0.5) is 4.39 Å². The zero-order chi connectivity index (χ0) is 12.0. The molecular formula is C12H16BrFO2. The fraction of sp³-hybridized carbons (Fsp3) is 0.500. The zero-order valence-electron chi connectivity index (χ0n) is 9.25. The summed E-state index contributed by atoms with van der Waals surface area (Å²) in [5.41, 5.74) is 0.923. The molecule has 1 unspecified atom stereocenters. The minimum atomic E-state index is -0.406. The van der Waals surface area contributed by atoms with Gasteiger partial charge >= 0.3 is 0 Å². The number of aliphatic hydroxyl groups excluding tert-OH is 1. The van der Waals surface area contributed by atoms with Crippen molar-refractivity contribution in [2.24, 2.45) is 0 Å². The van der Waals surface area contributed by atoms with Crippen molar-refractivity contribution in [2.75, 3.05) is 13.7 Å². The summed E-state index contributed by atoms with van der Waals surface area (Å²) in [4.78, 5) is 0. The lowest BCUT2D eigenvalue weighted by molar-refractivity contribution is 0.135. The number of ether oxygens (including phenoxy) is 1. The molecule has 0 aliphatic heterocycles. The third kappa shape index (κ3) is 4.60. The summed E-state index contributed by atoms with van der Waals surface area (Å²) in [7, 11) is 1.64. The van der Waals surface area contributed by atoms with E-state index in [1.807, 2.05) is 0 Å². The molecule has 0 aliphatic carbocycles. The van der Waals surface area contributed by atoms with Crippen LogP contribution in [0, 0.1) is 5.82 Å². The molecule has 1 atom stereocenters. The van der Waals surface area contributed by atoms with E-state index >= 15 is 0 Å². The van der Waals surface area contributed by atoms with Crippen molar-refractivity contribution >= 4 is 15.9 Å². The first-order valence-corrected chi connectivity index (χ1v) is 6.03.